The average Bonchev–Trinajstić information content (AvgIpc) is 3.27. The minimum absolute atomic E-state index is 0.132. The van der Waals surface area contributed by atoms with Gasteiger partial charge in [-0.2, -0.15) is 0 Å². The first kappa shape index (κ1) is 32.9. The molecule has 0 spiro atoms. The van der Waals surface area contributed by atoms with Gasteiger partial charge in [0.05, 0.1) is 28.5 Å². The van der Waals surface area contributed by atoms with E-state index in [9.17, 15) is 21.6 Å². The van der Waals surface area contributed by atoms with Crippen LogP contribution in [-0.2, 0) is 37.3 Å². The molecule has 2 aromatic carbocycles. The number of hydrogen-bond acceptors (Lipinski definition) is 8. The number of amides is 1. The third-order valence-electron chi connectivity index (χ3n) is 6.42. The lowest BCUT2D eigenvalue weighted by Crippen LogP contribution is -2.31. The number of nitrogens with one attached hydrogen (secondary N) is 1. The Bertz CT molecular complexity index is 1750. The third kappa shape index (κ3) is 8.94. The van der Waals surface area contributed by atoms with Crippen molar-refractivity contribution in [1.29, 1.82) is 0 Å². The molecule has 2 heterocycles. The normalized spacial score (nSPS) is 11.7. The molecule has 4 aromatic rings. The number of sulfone groups is 2. The predicted molar refractivity (Wildman–Crippen MR) is 164 cm³/mol. The molecule has 42 heavy (non-hydrogen) atoms. The number of rotatable bonds is 10. The molecule has 0 saturated heterocycles. The molecule has 2 N–H and O–H groups in total. The van der Waals surface area contributed by atoms with Crippen molar-refractivity contribution in [3.8, 4) is 5.69 Å². The van der Waals surface area contributed by atoms with E-state index in [2.05, 4.69) is 27.9 Å². The lowest BCUT2D eigenvalue weighted by atomic mass is 10.1. The van der Waals surface area contributed by atoms with Crippen LogP contribution in [0.5, 0.6) is 0 Å². The zero-order valence-corrected chi connectivity index (χ0v) is 26.2. The van der Waals surface area contributed by atoms with Crippen LogP contribution in [-0.4, -0.2) is 73.3 Å². The summed E-state index contributed by atoms with van der Waals surface area (Å²) in [6, 6.07) is 16.7. The van der Waals surface area contributed by atoms with Gasteiger partial charge in [-0.3, -0.25) is 14.3 Å². The Hall–Kier alpha value is -3.61. The molecule has 2 aromatic heterocycles. The van der Waals surface area contributed by atoms with E-state index in [-0.39, 0.29) is 17.3 Å². The van der Waals surface area contributed by atoms with Gasteiger partial charge in [0.1, 0.15) is 26.9 Å². The second-order valence-corrected chi connectivity index (χ2v) is 14.4. The maximum absolute atomic E-state index is 12.5. The molecule has 0 unspecified atom stereocenters. The Morgan fingerprint density at radius 1 is 0.952 bits per heavy atom. The van der Waals surface area contributed by atoms with Crippen molar-refractivity contribution in [2.24, 2.45) is 0 Å². The van der Waals surface area contributed by atoms with E-state index >= 15 is 0 Å². The number of aromatic nitrogens is 3. The van der Waals surface area contributed by atoms with Crippen LogP contribution in [0.15, 0.2) is 59.5 Å². The van der Waals surface area contributed by atoms with Crippen LogP contribution in [0.2, 0.25) is 0 Å². The zero-order valence-electron chi connectivity index (χ0n) is 24.6. The lowest BCUT2D eigenvalue weighted by molar-refractivity contribution is -0.118. The van der Waals surface area contributed by atoms with Crippen molar-refractivity contribution in [2.45, 2.75) is 45.4 Å². The van der Waals surface area contributed by atoms with Crippen LogP contribution in [0, 0.1) is 20.8 Å². The largest absolute Gasteiger partial charge is 0.395 e. The van der Waals surface area contributed by atoms with Gasteiger partial charge in [-0.1, -0.05) is 36.8 Å². The van der Waals surface area contributed by atoms with Crippen LogP contribution in [0.4, 0.5) is 0 Å². The van der Waals surface area contributed by atoms with Crippen molar-refractivity contribution in [1.82, 2.24) is 19.9 Å². The molecule has 0 atom stereocenters. The van der Waals surface area contributed by atoms with E-state index in [0.717, 1.165) is 57.7 Å². The van der Waals surface area contributed by atoms with Crippen molar-refractivity contribution < 1.29 is 26.7 Å². The summed E-state index contributed by atoms with van der Waals surface area (Å²) in [5.74, 6) is -0.215. The van der Waals surface area contributed by atoms with Gasteiger partial charge in [-0.05, 0) is 63.1 Å². The number of carbonyl (C=O) groups is 1. The molecule has 0 bridgehead atoms. The van der Waals surface area contributed by atoms with E-state index in [4.69, 9.17) is 10.1 Å². The second kappa shape index (κ2) is 14.0. The van der Waals surface area contributed by atoms with Crippen molar-refractivity contribution in [2.75, 3.05) is 30.9 Å². The predicted octanol–water partition coefficient (Wildman–Crippen LogP) is 3.06. The fourth-order valence-electron chi connectivity index (χ4n) is 4.33. The first-order chi connectivity index (χ1) is 19.7. The van der Waals surface area contributed by atoms with E-state index in [0.29, 0.717) is 13.0 Å². The number of pyridine rings is 1. The first-order valence-electron chi connectivity index (χ1n) is 13.5. The van der Waals surface area contributed by atoms with E-state index in [1.54, 1.807) is 12.1 Å². The Morgan fingerprint density at radius 3 is 2.14 bits per heavy atom. The zero-order chi connectivity index (χ0) is 31.1. The van der Waals surface area contributed by atoms with Gasteiger partial charge >= 0.3 is 0 Å². The number of aryl methyl sites for hydroxylation is 4. The molecule has 4 rings (SSSR count). The summed E-state index contributed by atoms with van der Waals surface area (Å²) >= 11 is 0. The molecule has 226 valence electrons. The van der Waals surface area contributed by atoms with E-state index < -0.39 is 31.3 Å². The van der Waals surface area contributed by atoms with Gasteiger partial charge in [-0.25, -0.2) is 21.8 Å². The second-order valence-electron chi connectivity index (χ2n) is 10.1. The molecule has 1 amide bonds. The summed E-state index contributed by atoms with van der Waals surface area (Å²) in [6.45, 7) is 8.02. The summed E-state index contributed by atoms with van der Waals surface area (Å²) < 4.78 is 47.2. The Labute approximate surface area is 247 Å². The molecule has 0 aliphatic carbocycles. The minimum atomic E-state index is -3.66. The minimum Gasteiger partial charge on any atom is -0.395 e. The van der Waals surface area contributed by atoms with Crippen LogP contribution < -0.4 is 5.32 Å². The van der Waals surface area contributed by atoms with Crippen molar-refractivity contribution in [3.63, 3.8) is 0 Å². The SMILES string of the molecule is CCc1nc2c(C)nc(C)cc2n1-c1ccc(CCNC(=O)CS(=O)(=O)c2ccc(C)cc2)cc1.CS(=O)(=O)CCO. The van der Waals surface area contributed by atoms with Crippen LogP contribution in [0.1, 0.15) is 35.3 Å². The molecular weight excluding hydrogens is 576 g/mol. The van der Waals surface area contributed by atoms with Gasteiger partial charge in [-0.15, -0.1) is 0 Å². The number of hydrogen-bond donors (Lipinski definition) is 2. The summed E-state index contributed by atoms with van der Waals surface area (Å²) in [7, 11) is -6.58. The molecule has 0 radical (unpaired) electrons. The molecule has 12 heteroatoms. The maximum Gasteiger partial charge on any atom is 0.235 e. The fraction of sp³-hybridized carbons (Fsp3) is 0.367. The first-order valence-corrected chi connectivity index (χ1v) is 17.2. The van der Waals surface area contributed by atoms with E-state index in [1.807, 2.05) is 45.0 Å². The number of nitrogens with zero attached hydrogens (tertiary/aromatic N) is 3. The van der Waals surface area contributed by atoms with Crippen molar-refractivity contribution >= 4 is 36.6 Å². The summed E-state index contributed by atoms with van der Waals surface area (Å²) in [6.07, 6.45) is 2.49. The highest BCUT2D eigenvalue weighted by atomic mass is 32.2. The maximum atomic E-state index is 12.5. The summed E-state index contributed by atoms with van der Waals surface area (Å²) in [5, 5.41) is 10.7. The van der Waals surface area contributed by atoms with Crippen LogP contribution in [0.25, 0.3) is 16.7 Å². The fourth-order valence-corrected chi connectivity index (χ4v) is 5.83. The van der Waals surface area contributed by atoms with E-state index in [1.165, 1.54) is 12.1 Å². The monoisotopic (exact) mass is 614 g/mol. The lowest BCUT2D eigenvalue weighted by Gasteiger charge is -2.11. The number of imidazole rings is 1. The molecular formula is C30H38N4O6S2. The number of benzene rings is 2. The highest BCUT2D eigenvalue weighted by molar-refractivity contribution is 7.92. The van der Waals surface area contributed by atoms with Gasteiger partial charge in [0.15, 0.2) is 9.84 Å². The Morgan fingerprint density at radius 2 is 1.60 bits per heavy atom. The number of carbonyl (C=O) groups excluding carboxylic acids is 1. The molecule has 0 saturated carbocycles. The number of aliphatic hydroxyl groups excluding tert-OH is 1. The quantitative estimate of drug-likeness (QED) is 0.277. The van der Waals surface area contributed by atoms with Crippen LogP contribution >= 0.6 is 0 Å². The smallest absolute Gasteiger partial charge is 0.235 e. The summed E-state index contributed by atoms with van der Waals surface area (Å²) in [5.41, 5.74) is 6.87. The molecule has 0 fully saturated rings. The summed E-state index contributed by atoms with van der Waals surface area (Å²) in [4.78, 5) is 21.7. The molecule has 0 aliphatic heterocycles. The standard InChI is InChI=1S/C27H30N4O3S.C3H8O3S/c1-5-25-30-27-20(4)29-19(3)16-24(27)31(25)22-10-8-21(9-11-22)14-15-28-26(32)17-35(33,34)23-12-6-18(2)7-13-23;1-7(5,6)3-2-4/h6-13,16H,5,14-15,17H2,1-4H3,(H,28,32);4H,2-3H2,1H3. The van der Waals surface area contributed by atoms with Gasteiger partial charge in [0, 0.05) is 30.6 Å². The average molecular weight is 615 g/mol. The number of fused-ring (bicyclic) bond motifs is 1. The Kier molecular flexibility index (Phi) is 11.0. The van der Waals surface area contributed by atoms with Gasteiger partial charge < -0.3 is 10.4 Å². The van der Waals surface area contributed by atoms with Crippen LogP contribution in [0.3, 0.4) is 0 Å². The molecule has 0 aliphatic rings. The third-order valence-corrected chi connectivity index (χ3v) is 8.98. The molecule has 10 nitrogen and oxygen atoms in total. The van der Waals surface area contributed by atoms with Crippen molar-refractivity contribution in [3.05, 3.63) is 82.9 Å². The topological polar surface area (TPSA) is 148 Å². The highest BCUT2D eigenvalue weighted by Gasteiger charge is 2.19. The Balaban J connectivity index is 0.000000616. The number of aliphatic hydroxyl groups is 1. The highest BCUT2D eigenvalue weighted by Crippen LogP contribution is 2.25. The van der Waals surface area contributed by atoms with Gasteiger partial charge in [0.25, 0.3) is 0 Å². The van der Waals surface area contributed by atoms with Gasteiger partial charge in [0.2, 0.25) is 5.91 Å².